The first-order valence-corrected chi connectivity index (χ1v) is 8.01. The second kappa shape index (κ2) is 6.26. The highest BCUT2D eigenvalue weighted by molar-refractivity contribution is 6.41. The number of hydrogen-bond acceptors (Lipinski definition) is 3. The minimum atomic E-state index is -0.619. The van der Waals surface area contributed by atoms with Gasteiger partial charge in [0.1, 0.15) is 0 Å². The van der Waals surface area contributed by atoms with Crippen molar-refractivity contribution in [1.29, 1.82) is 0 Å². The molecule has 1 aromatic carbocycles. The van der Waals surface area contributed by atoms with E-state index >= 15 is 0 Å². The molecule has 1 aliphatic carbocycles. The summed E-state index contributed by atoms with van der Waals surface area (Å²) in [4.78, 5) is 25.9. The van der Waals surface area contributed by atoms with Crippen molar-refractivity contribution in [1.82, 2.24) is 5.32 Å². The molecule has 2 unspecified atom stereocenters. The van der Waals surface area contributed by atoms with Gasteiger partial charge in [0.25, 0.3) is 0 Å². The molecule has 2 aliphatic rings. The number of nitrogens with zero attached hydrogens (tertiary/aromatic N) is 1. The minimum Gasteiger partial charge on any atom is -0.393 e. The SMILES string of the molecule is O=C(NCC1CCCC1O)C(=O)N1CCc2c(Cl)cccc21. The van der Waals surface area contributed by atoms with E-state index in [0.717, 1.165) is 24.8 Å². The molecule has 118 valence electrons. The van der Waals surface area contributed by atoms with E-state index in [1.54, 1.807) is 18.2 Å². The summed E-state index contributed by atoms with van der Waals surface area (Å²) < 4.78 is 0. The van der Waals surface area contributed by atoms with E-state index < -0.39 is 11.8 Å². The average Bonchev–Trinajstić information content (AvgIpc) is 3.11. The van der Waals surface area contributed by atoms with E-state index in [4.69, 9.17) is 11.6 Å². The molecule has 5 nitrogen and oxygen atoms in total. The largest absolute Gasteiger partial charge is 0.393 e. The van der Waals surface area contributed by atoms with Crippen LogP contribution in [0.5, 0.6) is 0 Å². The fraction of sp³-hybridized carbons (Fsp3) is 0.500. The fourth-order valence-electron chi connectivity index (χ4n) is 3.28. The fourth-order valence-corrected chi connectivity index (χ4v) is 3.54. The Kier molecular flexibility index (Phi) is 4.36. The number of amides is 2. The Morgan fingerprint density at radius 2 is 2.18 bits per heavy atom. The van der Waals surface area contributed by atoms with E-state index in [0.29, 0.717) is 30.2 Å². The van der Waals surface area contributed by atoms with Gasteiger partial charge < -0.3 is 15.3 Å². The average molecular weight is 323 g/mol. The Morgan fingerprint density at radius 1 is 1.36 bits per heavy atom. The van der Waals surface area contributed by atoms with Gasteiger partial charge in [-0.25, -0.2) is 0 Å². The van der Waals surface area contributed by atoms with Crippen LogP contribution in [-0.4, -0.2) is 36.1 Å². The summed E-state index contributed by atoms with van der Waals surface area (Å²) in [5, 5.41) is 13.0. The van der Waals surface area contributed by atoms with Gasteiger partial charge in [-0.05, 0) is 37.0 Å². The molecule has 2 atom stereocenters. The highest BCUT2D eigenvalue weighted by Gasteiger charge is 2.31. The Morgan fingerprint density at radius 3 is 2.91 bits per heavy atom. The lowest BCUT2D eigenvalue weighted by Gasteiger charge is -2.19. The molecular weight excluding hydrogens is 304 g/mol. The maximum Gasteiger partial charge on any atom is 0.316 e. The third-order valence-corrected chi connectivity index (χ3v) is 4.91. The van der Waals surface area contributed by atoms with Crippen molar-refractivity contribution in [3.05, 3.63) is 28.8 Å². The van der Waals surface area contributed by atoms with Crippen molar-refractivity contribution >= 4 is 29.1 Å². The quantitative estimate of drug-likeness (QED) is 0.811. The van der Waals surface area contributed by atoms with E-state index in [1.807, 2.05) is 0 Å². The molecule has 1 saturated carbocycles. The monoisotopic (exact) mass is 322 g/mol. The Bertz CT molecular complexity index is 605. The Labute approximate surface area is 134 Å². The van der Waals surface area contributed by atoms with Crippen molar-refractivity contribution < 1.29 is 14.7 Å². The lowest BCUT2D eigenvalue weighted by atomic mass is 10.1. The molecule has 2 amide bonds. The van der Waals surface area contributed by atoms with Gasteiger partial charge in [-0.1, -0.05) is 24.1 Å². The summed E-state index contributed by atoms with van der Waals surface area (Å²) >= 11 is 6.12. The van der Waals surface area contributed by atoms with Gasteiger partial charge in [-0.3, -0.25) is 9.59 Å². The minimum absolute atomic E-state index is 0.0528. The van der Waals surface area contributed by atoms with Gasteiger partial charge in [-0.15, -0.1) is 0 Å². The molecule has 0 aromatic heterocycles. The third-order valence-electron chi connectivity index (χ3n) is 4.55. The Balaban J connectivity index is 1.63. The van der Waals surface area contributed by atoms with Crippen LogP contribution in [0.3, 0.4) is 0 Å². The topological polar surface area (TPSA) is 69.6 Å². The Hall–Kier alpha value is -1.59. The molecule has 1 heterocycles. The summed E-state index contributed by atoms with van der Waals surface area (Å²) in [5.74, 6) is -1.13. The molecule has 3 rings (SSSR count). The molecule has 6 heteroatoms. The van der Waals surface area contributed by atoms with E-state index in [9.17, 15) is 14.7 Å². The second-order valence-corrected chi connectivity index (χ2v) is 6.32. The lowest BCUT2D eigenvalue weighted by molar-refractivity contribution is -0.137. The van der Waals surface area contributed by atoms with Crippen LogP contribution < -0.4 is 10.2 Å². The zero-order valence-electron chi connectivity index (χ0n) is 12.2. The van der Waals surface area contributed by atoms with E-state index in [2.05, 4.69) is 5.32 Å². The van der Waals surface area contributed by atoms with Crippen LogP contribution >= 0.6 is 11.6 Å². The van der Waals surface area contributed by atoms with Crippen LogP contribution in [0.15, 0.2) is 18.2 Å². The van der Waals surface area contributed by atoms with E-state index in [1.165, 1.54) is 4.90 Å². The third kappa shape index (κ3) is 2.83. The summed E-state index contributed by atoms with van der Waals surface area (Å²) in [6.45, 7) is 0.819. The smallest absolute Gasteiger partial charge is 0.316 e. The number of aliphatic hydroxyl groups excluding tert-OH is 1. The van der Waals surface area contributed by atoms with Gasteiger partial charge in [0.2, 0.25) is 0 Å². The zero-order valence-corrected chi connectivity index (χ0v) is 13.0. The molecule has 1 aromatic rings. The molecule has 1 aliphatic heterocycles. The summed E-state index contributed by atoms with van der Waals surface area (Å²) in [6, 6.07) is 5.37. The number of anilines is 1. The normalized spacial score (nSPS) is 23.5. The lowest BCUT2D eigenvalue weighted by Crippen LogP contribution is -2.44. The van der Waals surface area contributed by atoms with Crippen LogP contribution in [0.2, 0.25) is 5.02 Å². The number of rotatable bonds is 2. The summed E-state index contributed by atoms with van der Waals surface area (Å²) in [7, 11) is 0. The van der Waals surface area contributed by atoms with Gasteiger partial charge in [0, 0.05) is 29.7 Å². The van der Waals surface area contributed by atoms with Crippen molar-refractivity contribution in [2.24, 2.45) is 5.92 Å². The molecule has 1 fully saturated rings. The number of hydrogen-bond donors (Lipinski definition) is 2. The number of nitrogens with one attached hydrogen (secondary N) is 1. The maximum absolute atomic E-state index is 12.3. The molecule has 0 bridgehead atoms. The van der Waals surface area contributed by atoms with Gasteiger partial charge >= 0.3 is 11.8 Å². The van der Waals surface area contributed by atoms with Gasteiger partial charge in [0.15, 0.2) is 0 Å². The summed E-state index contributed by atoms with van der Waals surface area (Å²) in [6.07, 6.45) is 2.91. The van der Waals surface area contributed by atoms with Crippen LogP contribution in [0, 0.1) is 5.92 Å². The number of aliphatic hydroxyl groups is 1. The standard InChI is InChI=1S/C16H19ClN2O3/c17-12-4-2-5-13-11(12)7-8-19(13)16(22)15(21)18-9-10-3-1-6-14(10)20/h2,4-5,10,14,20H,1,3,6-9H2,(H,18,21). The van der Waals surface area contributed by atoms with Crippen molar-refractivity contribution in [3.63, 3.8) is 0 Å². The van der Waals surface area contributed by atoms with Crippen LogP contribution in [0.1, 0.15) is 24.8 Å². The van der Waals surface area contributed by atoms with Gasteiger partial charge in [0.05, 0.1) is 6.10 Å². The first kappa shape index (κ1) is 15.3. The molecule has 2 N–H and O–H groups in total. The van der Waals surface area contributed by atoms with Crippen LogP contribution in [0.25, 0.3) is 0 Å². The molecule has 22 heavy (non-hydrogen) atoms. The number of carbonyl (C=O) groups is 2. The number of halogens is 1. The highest BCUT2D eigenvalue weighted by Crippen LogP contribution is 2.33. The number of carbonyl (C=O) groups excluding carboxylic acids is 2. The predicted octanol–water partition coefficient (Wildman–Crippen LogP) is 1.51. The molecular formula is C16H19ClN2O3. The first-order valence-electron chi connectivity index (χ1n) is 7.63. The first-order chi connectivity index (χ1) is 10.6. The zero-order chi connectivity index (χ0) is 15.7. The van der Waals surface area contributed by atoms with Crippen molar-refractivity contribution in [2.45, 2.75) is 31.8 Å². The predicted molar refractivity (Wildman–Crippen MR) is 83.9 cm³/mol. The summed E-state index contributed by atoms with van der Waals surface area (Å²) in [5.41, 5.74) is 1.63. The number of benzene rings is 1. The second-order valence-electron chi connectivity index (χ2n) is 5.91. The van der Waals surface area contributed by atoms with Crippen molar-refractivity contribution in [2.75, 3.05) is 18.0 Å². The van der Waals surface area contributed by atoms with Crippen LogP contribution in [0.4, 0.5) is 5.69 Å². The van der Waals surface area contributed by atoms with E-state index in [-0.39, 0.29) is 12.0 Å². The van der Waals surface area contributed by atoms with Crippen molar-refractivity contribution in [3.8, 4) is 0 Å². The maximum atomic E-state index is 12.3. The molecule has 0 saturated heterocycles. The molecule has 0 radical (unpaired) electrons. The van der Waals surface area contributed by atoms with Crippen LogP contribution in [-0.2, 0) is 16.0 Å². The number of fused-ring (bicyclic) bond motifs is 1. The molecule has 0 spiro atoms. The highest BCUT2D eigenvalue weighted by atomic mass is 35.5. The van der Waals surface area contributed by atoms with Gasteiger partial charge in [-0.2, -0.15) is 0 Å².